The zero-order valence-electron chi connectivity index (χ0n) is 11.3. The molecule has 0 saturated carbocycles. The van der Waals surface area contributed by atoms with Gasteiger partial charge in [0.2, 0.25) is 0 Å². The average Bonchev–Trinajstić information content (AvgIpc) is 2.47. The Labute approximate surface area is 133 Å². The summed E-state index contributed by atoms with van der Waals surface area (Å²) < 4.78 is 11.1. The molecule has 0 spiro atoms. The SMILES string of the molecule is COc1ccc(C2CC(O)c3cc(Cl)ccc3O2)cc1Cl. The van der Waals surface area contributed by atoms with Crippen molar-refractivity contribution in [3.63, 3.8) is 0 Å². The maximum Gasteiger partial charge on any atom is 0.137 e. The second-order valence-electron chi connectivity index (χ2n) is 4.93. The summed E-state index contributed by atoms with van der Waals surface area (Å²) in [5, 5.41) is 11.4. The number of halogens is 2. The molecule has 3 rings (SSSR count). The molecule has 0 saturated heterocycles. The summed E-state index contributed by atoms with van der Waals surface area (Å²) in [5.41, 5.74) is 1.62. The number of hydrogen-bond donors (Lipinski definition) is 1. The van der Waals surface area contributed by atoms with Crippen molar-refractivity contribution < 1.29 is 14.6 Å². The minimum absolute atomic E-state index is 0.253. The van der Waals surface area contributed by atoms with Crippen molar-refractivity contribution in [1.29, 1.82) is 0 Å². The summed E-state index contributed by atoms with van der Waals surface area (Å²) in [7, 11) is 1.57. The summed E-state index contributed by atoms with van der Waals surface area (Å²) in [6.45, 7) is 0. The summed E-state index contributed by atoms with van der Waals surface area (Å²) in [6, 6.07) is 10.7. The van der Waals surface area contributed by atoms with Crippen LogP contribution in [0.3, 0.4) is 0 Å². The van der Waals surface area contributed by atoms with E-state index in [9.17, 15) is 5.11 Å². The lowest BCUT2D eigenvalue weighted by molar-refractivity contribution is 0.0657. The van der Waals surface area contributed by atoms with Crippen LogP contribution < -0.4 is 9.47 Å². The first-order chi connectivity index (χ1) is 10.1. The van der Waals surface area contributed by atoms with Crippen LogP contribution >= 0.6 is 23.2 Å². The van der Waals surface area contributed by atoms with E-state index >= 15 is 0 Å². The Morgan fingerprint density at radius 2 is 2.00 bits per heavy atom. The molecule has 2 aromatic carbocycles. The fraction of sp³-hybridized carbons (Fsp3) is 0.250. The highest BCUT2D eigenvalue weighted by molar-refractivity contribution is 6.32. The van der Waals surface area contributed by atoms with Gasteiger partial charge in [0, 0.05) is 17.0 Å². The van der Waals surface area contributed by atoms with Crippen LogP contribution in [0.15, 0.2) is 36.4 Å². The average molecular weight is 325 g/mol. The van der Waals surface area contributed by atoms with Crippen LogP contribution in [0, 0.1) is 0 Å². The highest BCUT2D eigenvalue weighted by Crippen LogP contribution is 2.42. The van der Waals surface area contributed by atoms with Crippen LogP contribution in [-0.2, 0) is 0 Å². The lowest BCUT2D eigenvalue weighted by atomic mass is 9.95. The molecule has 0 amide bonds. The molecule has 2 atom stereocenters. The van der Waals surface area contributed by atoms with Gasteiger partial charge >= 0.3 is 0 Å². The fourth-order valence-electron chi connectivity index (χ4n) is 2.51. The molecule has 1 N–H and O–H groups in total. The number of benzene rings is 2. The third-order valence-electron chi connectivity index (χ3n) is 3.59. The molecule has 1 heterocycles. The normalized spacial score (nSPS) is 20.6. The van der Waals surface area contributed by atoms with E-state index in [4.69, 9.17) is 32.7 Å². The van der Waals surface area contributed by atoms with Gasteiger partial charge in [-0.05, 0) is 35.9 Å². The Bertz CT molecular complexity index is 673. The van der Waals surface area contributed by atoms with E-state index in [1.54, 1.807) is 37.4 Å². The third kappa shape index (κ3) is 2.82. The maximum atomic E-state index is 10.3. The van der Waals surface area contributed by atoms with Gasteiger partial charge in [0.05, 0.1) is 18.2 Å². The third-order valence-corrected chi connectivity index (χ3v) is 4.12. The van der Waals surface area contributed by atoms with Crippen LogP contribution in [0.25, 0.3) is 0 Å². The Hall–Kier alpha value is -1.42. The van der Waals surface area contributed by atoms with Gasteiger partial charge in [-0.1, -0.05) is 29.3 Å². The van der Waals surface area contributed by atoms with Gasteiger partial charge in [-0.15, -0.1) is 0 Å². The van der Waals surface area contributed by atoms with Gasteiger partial charge in [-0.25, -0.2) is 0 Å². The van der Waals surface area contributed by atoms with E-state index < -0.39 is 6.10 Å². The first-order valence-electron chi connectivity index (χ1n) is 6.56. The minimum Gasteiger partial charge on any atom is -0.495 e. The summed E-state index contributed by atoms with van der Waals surface area (Å²) in [6.07, 6.45) is -0.411. The van der Waals surface area contributed by atoms with Gasteiger partial charge < -0.3 is 14.6 Å². The molecular weight excluding hydrogens is 311 g/mol. The molecule has 3 nitrogen and oxygen atoms in total. The van der Waals surface area contributed by atoms with E-state index in [-0.39, 0.29) is 6.10 Å². The number of fused-ring (bicyclic) bond motifs is 1. The molecule has 0 aromatic heterocycles. The van der Waals surface area contributed by atoms with Crippen molar-refractivity contribution in [3.8, 4) is 11.5 Å². The number of ether oxygens (including phenoxy) is 2. The summed E-state index contributed by atoms with van der Waals surface area (Å²) in [5.74, 6) is 1.26. The fourth-order valence-corrected chi connectivity index (χ4v) is 2.95. The highest BCUT2D eigenvalue weighted by Gasteiger charge is 2.28. The Morgan fingerprint density at radius 1 is 1.19 bits per heavy atom. The van der Waals surface area contributed by atoms with Crippen LogP contribution in [0.2, 0.25) is 10.0 Å². The largest absolute Gasteiger partial charge is 0.495 e. The molecule has 0 bridgehead atoms. The summed E-state index contributed by atoms with van der Waals surface area (Å²) in [4.78, 5) is 0. The molecule has 0 aliphatic carbocycles. The van der Waals surface area contributed by atoms with Gasteiger partial charge in [0.1, 0.15) is 17.6 Å². The smallest absolute Gasteiger partial charge is 0.137 e. The first kappa shape index (κ1) is 14.5. The monoisotopic (exact) mass is 324 g/mol. The molecule has 5 heteroatoms. The van der Waals surface area contributed by atoms with E-state index in [2.05, 4.69) is 0 Å². The lowest BCUT2D eigenvalue weighted by Crippen LogP contribution is -2.19. The Morgan fingerprint density at radius 3 is 2.71 bits per heavy atom. The van der Waals surface area contributed by atoms with E-state index in [0.29, 0.717) is 28.0 Å². The molecule has 0 radical (unpaired) electrons. The Balaban J connectivity index is 1.92. The first-order valence-corrected chi connectivity index (χ1v) is 7.31. The van der Waals surface area contributed by atoms with Crippen molar-refractivity contribution >= 4 is 23.2 Å². The van der Waals surface area contributed by atoms with Crippen LogP contribution in [0.5, 0.6) is 11.5 Å². The summed E-state index contributed by atoms with van der Waals surface area (Å²) >= 11 is 12.1. The number of hydrogen-bond acceptors (Lipinski definition) is 3. The minimum atomic E-state index is -0.613. The second kappa shape index (κ2) is 5.76. The van der Waals surface area contributed by atoms with E-state index in [0.717, 1.165) is 11.1 Å². The van der Waals surface area contributed by atoms with E-state index in [1.165, 1.54) is 0 Å². The number of methoxy groups -OCH3 is 1. The van der Waals surface area contributed by atoms with Crippen LogP contribution in [-0.4, -0.2) is 12.2 Å². The van der Waals surface area contributed by atoms with Gasteiger partial charge in [-0.2, -0.15) is 0 Å². The predicted octanol–water partition coefficient (Wildman–Crippen LogP) is 4.56. The quantitative estimate of drug-likeness (QED) is 0.880. The molecule has 1 aliphatic heterocycles. The maximum absolute atomic E-state index is 10.3. The number of rotatable bonds is 2. The van der Waals surface area contributed by atoms with E-state index in [1.807, 2.05) is 6.07 Å². The topological polar surface area (TPSA) is 38.7 Å². The molecule has 110 valence electrons. The van der Waals surface area contributed by atoms with Crippen molar-refractivity contribution in [3.05, 3.63) is 57.6 Å². The Kier molecular flexibility index (Phi) is 3.98. The molecule has 21 heavy (non-hydrogen) atoms. The molecular formula is C16H14Cl2O3. The molecule has 2 aromatic rings. The second-order valence-corrected chi connectivity index (χ2v) is 5.78. The van der Waals surface area contributed by atoms with Crippen LogP contribution in [0.1, 0.15) is 29.8 Å². The van der Waals surface area contributed by atoms with Crippen LogP contribution in [0.4, 0.5) is 0 Å². The van der Waals surface area contributed by atoms with Gasteiger partial charge in [0.15, 0.2) is 0 Å². The van der Waals surface area contributed by atoms with Crippen molar-refractivity contribution in [1.82, 2.24) is 0 Å². The molecule has 0 fully saturated rings. The lowest BCUT2D eigenvalue weighted by Gasteiger charge is -2.30. The standard InChI is InChI=1S/C16H14Cl2O3/c1-20-15-4-2-9(6-12(15)18)16-8-13(19)11-7-10(17)3-5-14(11)21-16/h2-7,13,16,19H,8H2,1H3. The molecule has 1 aliphatic rings. The van der Waals surface area contributed by atoms with Crippen molar-refractivity contribution in [2.75, 3.05) is 7.11 Å². The van der Waals surface area contributed by atoms with Crippen molar-refractivity contribution in [2.24, 2.45) is 0 Å². The van der Waals surface area contributed by atoms with Crippen molar-refractivity contribution in [2.45, 2.75) is 18.6 Å². The number of aliphatic hydroxyl groups is 1. The zero-order chi connectivity index (χ0) is 15.0. The van der Waals surface area contributed by atoms with Gasteiger partial charge in [0.25, 0.3) is 0 Å². The number of aliphatic hydroxyl groups excluding tert-OH is 1. The predicted molar refractivity (Wildman–Crippen MR) is 82.4 cm³/mol. The highest BCUT2D eigenvalue weighted by atomic mass is 35.5. The zero-order valence-corrected chi connectivity index (χ0v) is 12.9. The van der Waals surface area contributed by atoms with Gasteiger partial charge in [-0.3, -0.25) is 0 Å². The molecule has 2 unspecified atom stereocenters.